The molecule has 0 aliphatic carbocycles. The Hall–Kier alpha value is -4.72. The number of esters is 1. The van der Waals surface area contributed by atoms with Gasteiger partial charge in [-0.05, 0) is 109 Å². The Labute approximate surface area is 282 Å². The molecule has 0 saturated carbocycles. The molecular weight excluding hydrogens is 603 g/mol. The summed E-state index contributed by atoms with van der Waals surface area (Å²) in [6, 6.07) is 22.5. The number of nitrogens with one attached hydrogen (secondary N) is 1. The van der Waals surface area contributed by atoms with E-state index in [1.807, 2.05) is 36.4 Å². The number of aliphatic imine (C=N–C) groups is 1. The minimum Gasteiger partial charge on any atom is -0.462 e. The molecule has 4 aromatic rings. The fourth-order valence-electron chi connectivity index (χ4n) is 6.79. The molecule has 6 rings (SSSR count). The first-order valence-corrected chi connectivity index (χ1v) is 17.0. The number of hydrogen-bond donors (Lipinski definition) is 1. The standard InChI is InChI=1S/C40H45FN4O3/c1-6-48-39(47)29-10-15-32(16-11-29)44-20-18-33(19-21-44)45-22-17-28-9-14-31(23-37(28)45)43-38(46)35-25-42-36(26(2)40(3,4)5)24-34(35)27-7-12-30(41)13-8-27/h7-17,22-23,25-26,33,36H,6,18-21,24H2,1-5H3,(H,43,46). The Morgan fingerprint density at radius 2 is 1.71 bits per heavy atom. The molecule has 0 bridgehead atoms. The second-order valence-corrected chi connectivity index (χ2v) is 14.0. The van der Waals surface area contributed by atoms with Gasteiger partial charge in [-0.2, -0.15) is 0 Å². The van der Waals surface area contributed by atoms with Gasteiger partial charge in [0.05, 0.1) is 29.3 Å². The van der Waals surface area contributed by atoms with E-state index in [0.29, 0.717) is 30.2 Å². The molecular formula is C40H45FN4O3. The monoisotopic (exact) mass is 648 g/mol. The van der Waals surface area contributed by atoms with Crippen LogP contribution in [0.1, 0.15) is 75.8 Å². The largest absolute Gasteiger partial charge is 0.462 e. The summed E-state index contributed by atoms with van der Waals surface area (Å²) in [5.41, 5.74) is 5.74. The normalized spacial score (nSPS) is 17.9. The lowest BCUT2D eigenvalue weighted by Gasteiger charge is -2.35. The fraction of sp³-hybridized carbons (Fsp3) is 0.375. The van der Waals surface area contributed by atoms with Crippen molar-refractivity contribution in [3.8, 4) is 0 Å². The number of rotatable bonds is 8. The topological polar surface area (TPSA) is 75.9 Å². The van der Waals surface area contributed by atoms with Crippen molar-refractivity contribution in [2.24, 2.45) is 16.3 Å². The van der Waals surface area contributed by atoms with Crippen LogP contribution in [0.3, 0.4) is 0 Å². The second kappa shape index (κ2) is 13.8. The van der Waals surface area contributed by atoms with Crippen LogP contribution in [0.2, 0.25) is 0 Å². The van der Waals surface area contributed by atoms with E-state index in [0.717, 1.165) is 59.3 Å². The van der Waals surface area contributed by atoms with E-state index >= 15 is 0 Å². The number of anilines is 2. The van der Waals surface area contributed by atoms with E-state index in [2.05, 4.69) is 60.8 Å². The zero-order chi connectivity index (χ0) is 34.0. The molecule has 7 nitrogen and oxygen atoms in total. The molecule has 0 spiro atoms. The second-order valence-electron chi connectivity index (χ2n) is 14.0. The SMILES string of the molecule is CCOC(=O)c1ccc(N2CCC(n3ccc4ccc(NC(=O)C5=C(c6ccc(F)cc6)CC(C(C)C(C)(C)C)N=C5)cc43)CC2)cc1. The molecule has 3 aromatic carbocycles. The highest BCUT2D eigenvalue weighted by atomic mass is 19.1. The van der Waals surface area contributed by atoms with Crippen LogP contribution in [-0.4, -0.2) is 48.4 Å². The zero-order valence-corrected chi connectivity index (χ0v) is 28.5. The van der Waals surface area contributed by atoms with Crippen LogP contribution in [0.25, 0.3) is 16.5 Å². The molecule has 2 unspecified atom stereocenters. The van der Waals surface area contributed by atoms with Gasteiger partial charge in [-0.1, -0.05) is 45.9 Å². The summed E-state index contributed by atoms with van der Waals surface area (Å²) in [7, 11) is 0. The maximum atomic E-state index is 13.8. The van der Waals surface area contributed by atoms with Crippen molar-refractivity contribution >= 4 is 45.9 Å². The third kappa shape index (κ3) is 7.08. The van der Waals surface area contributed by atoms with Crippen LogP contribution >= 0.6 is 0 Å². The highest BCUT2D eigenvalue weighted by Crippen LogP contribution is 2.38. The lowest BCUT2D eigenvalue weighted by Crippen LogP contribution is -2.34. The number of nitrogens with zero attached hydrogens (tertiary/aromatic N) is 3. The van der Waals surface area contributed by atoms with E-state index in [4.69, 9.17) is 9.73 Å². The first-order valence-electron chi connectivity index (χ1n) is 17.0. The van der Waals surface area contributed by atoms with Gasteiger partial charge in [0.25, 0.3) is 5.91 Å². The number of amides is 1. The van der Waals surface area contributed by atoms with Crippen molar-refractivity contribution in [3.05, 3.63) is 102 Å². The van der Waals surface area contributed by atoms with Gasteiger partial charge in [-0.25, -0.2) is 9.18 Å². The summed E-state index contributed by atoms with van der Waals surface area (Å²) in [4.78, 5) is 33.1. The van der Waals surface area contributed by atoms with Crippen LogP contribution in [0.15, 0.2) is 89.6 Å². The Morgan fingerprint density at radius 3 is 2.38 bits per heavy atom. The van der Waals surface area contributed by atoms with Crippen molar-refractivity contribution in [1.29, 1.82) is 0 Å². The van der Waals surface area contributed by atoms with Crippen molar-refractivity contribution in [3.63, 3.8) is 0 Å². The smallest absolute Gasteiger partial charge is 0.338 e. The van der Waals surface area contributed by atoms with Crippen LogP contribution in [0, 0.1) is 17.2 Å². The number of benzene rings is 3. The predicted octanol–water partition coefficient (Wildman–Crippen LogP) is 8.72. The molecule has 1 N–H and O–H groups in total. The van der Waals surface area contributed by atoms with Crippen LogP contribution < -0.4 is 10.2 Å². The summed E-state index contributed by atoms with van der Waals surface area (Å²) in [6.07, 6.45) is 6.41. The number of fused-ring (bicyclic) bond motifs is 1. The molecule has 1 aromatic heterocycles. The molecule has 8 heteroatoms. The number of aromatic nitrogens is 1. The lowest BCUT2D eigenvalue weighted by atomic mass is 9.74. The fourth-order valence-corrected chi connectivity index (χ4v) is 6.79. The summed E-state index contributed by atoms with van der Waals surface area (Å²) < 4.78 is 21.3. The quantitative estimate of drug-likeness (QED) is 0.194. The highest BCUT2D eigenvalue weighted by Gasteiger charge is 2.32. The third-order valence-electron chi connectivity index (χ3n) is 10.1. The van der Waals surface area contributed by atoms with Crippen LogP contribution in [-0.2, 0) is 9.53 Å². The van der Waals surface area contributed by atoms with Crippen LogP contribution in [0.4, 0.5) is 15.8 Å². The van der Waals surface area contributed by atoms with E-state index in [9.17, 15) is 14.0 Å². The average molecular weight is 649 g/mol. The summed E-state index contributed by atoms with van der Waals surface area (Å²) in [5.74, 6) is -0.539. The predicted molar refractivity (Wildman–Crippen MR) is 192 cm³/mol. The Bertz CT molecular complexity index is 1840. The van der Waals surface area contributed by atoms with Crippen molar-refractivity contribution < 1.29 is 18.7 Å². The van der Waals surface area contributed by atoms with Gasteiger partial charge in [-0.15, -0.1) is 0 Å². The Balaban J connectivity index is 1.18. The number of carbonyl (C=O) groups excluding carboxylic acids is 2. The molecule has 1 saturated heterocycles. The van der Waals surface area contributed by atoms with Gasteiger partial charge < -0.3 is 19.5 Å². The molecule has 2 aliphatic heterocycles. The number of halogens is 1. The summed E-state index contributed by atoms with van der Waals surface area (Å²) >= 11 is 0. The van der Waals surface area contributed by atoms with Crippen LogP contribution in [0.5, 0.6) is 0 Å². The first kappa shape index (κ1) is 33.2. The molecule has 250 valence electrons. The molecule has 48 heavy (non-hydrogen) atoms. The van der Waals surface area contributed by atoms with Gasteiger partial charge in [0, 0.05) is 42.9 Å². The summed E-state index contributed by atoms with van der Waals surface area (Å²) in [6.45, 7) is 12.8. The van der Waals surface area contributed by atoms with E-state index in [1.54, 1.807) is 25.3 Å². The zero-order valence-electron chi connectivity index (χ0n) is 28.5. The van der Waals surface area contributed by atoms with Gasteiger partial charge in [0.15, 0.2) is 0 Å². The molecule has 3 heterocycles. The van der Waals surface area contributed by atoms with E-state index < -0.39 is 0 Å². The highest BCUT2D eigenvalue weighted by molar-refractivity contribution is 6.23. The molecule has 2 atom stereocenters. The summed E-state index contributed by atoms with van der Waals surface area (Å²) in [5, 5.41) is 4.26. The Kier molecular flexibility index (Phi) is 9.54. The molecule has 1 amide bonds. The van der Waals surface area contributed by atoms with E-state index in [1.165, 1.54) is 12.1 Å². The van der Waals surface area contributed by atoms with Crippen molar-refractivity contribution in [2.75, 3.05) is 29.9 Å². The maximum Gasteiger partial charge on any atom is 0.338 e. The van der Waals surface area contributed by atoms with Crippen molar-refractivity contribution in [1.82, 2.24) is 4.57 Å². The average Bonchev–Trinajstić information content (AvgIpc) is 3.51. The Morgan fingerprint density at radius 1 is 1.00 bits per heavy atom. The molecule has 1 fully saturated rings. The van der Waals surface area contributed by atoms with Gasteiger partial charge in [0.1, 0.15) is 5.82 Å². The third-order valence-corrected chi connectivity index (χ3v) is 10.1. The number of hydrogen-bond acceptors (Lipinski definition) is 5. The van der Waals surface area contributed by atoms with E-state index in [-0.39, 0.29) is 35.1 Å². The van der Waals surface area contributed by atoms with Crippen molar-refractivity contribution in [2.45, 2.75) is 66.0 Å². The maximum absolute atomic E-state index is 13.8. The van der Waals surface area contributed by atoms with Gasteiger partial charge in [0.2, 0.25) is 0 Å². The number of dihydropyridines is 1. The van der Waals surface area contributed by atoms with Gasteiger partial charge in [-0.3, -0.25) is 9.79 Å². The van der Waals surface area contributed by atoms with Gasteiger partial charge >= 0.3 is 5.97 Å². The molecule has 0 radical (unpaired) electrons. The minimum atomic E-state index is -0.305. The minimum absolute atomic E-state index is 0.0246. The lowest BCUT2D eigenvalue weighted by molar-refractivity contribution is -0.112. The number of piperidine rings is 1. The number of carbonyl (C=O) groups is 2. The molecule has 2 aliphatic rings. The first-order chi connectivity index (χ1) is 23.0. The number of ether oxygens (including phenoxy) is 1.